The van der Waals surface area contributed by atoms with E-state index >= 15 is 0 Å². The number of nitrogen functional groups attached to an aromatic ring is 1. The molecule has 0 saturated carbocycles. The van der Waals surface area contributed by atoms with Gasteiger partial charge in [-0.25, -0.2) is 0 Å². The number of hydrogen-bond acceptors (Lipinski definition) is 5. The molecule has 0 aliphatic carbocycles. The molecule has 6 heteroatoms. The highest BCUT2D eigenvalue weighted by atomic mass is 16.5. The van der Waals surface area contributed by atoms with Crippen molar-refractivity contribution in [3.05, 3.63) is 24.0 Å². The molecule has 1 fully saturated rings. The van der Waals surface area contributed by atoms with Crippen LogP contribution in [-0.4, -0.2) is 55.2 Å². The minimum absolute atomic E-state index is 0.00393. The number of amides is 1. The average molecular weight is 278 g/mol. The molecule has 110 valence electrons. The highest BCUT2D eigenvalue weighted by Crippen LogP contribution is 2.02. The topological polar surface area (TPSA) is 80.5 Å². The maximum absolute atomic E-state index is 11.7. The van der Waals surface area contributed by atoms with Gasteiger partial charge in [0.05, 0.1) is 31.5 Å². The standard InChI is InChI=1S/C14H22N4O2/c15-12-2-3-13(17-11-12)10-14(19)16-4-1-5-18-6-8-20-9-7-18/h2-3,11H,1,4-10,15H2,(H,16,19). The molecule has 3 N–H and O–H groups in total. The monoisotopic (exact) mass is 278 g/mol. The molecule has 6 nitrogen and oxygen atoms in total. The fourth-order valence-electron chi connectivity index (χ4n) is 2.12. The first kappa shape index (κ1) is 14.7. The van der Waals surface area contributed by atoms with Crippen LogP contribution in [0, 0.1) is 0 Å². The van der Waals surface area contributed by atoms with Crippen molar-refractivity contribution in [1.82, 2.24) is 15.2 Å². The number of hydrogen-bond donors (Lipinski definition) is 2. The number of nitrogens with two attached hydrogens (primary N) is 1. The Balaban J connectivity index is 1.59. The van der Waals surface area contributed by atoms with Crippen molar-refractivity contribution < 1.29 is 9.53 Å². The van der Waals surface area contributed by atoms with Crippen molar-refractivity contribution in [2.45, 2.75) is 12.8 Å². The molecule has 1 saturated heterocycles. The van der Waals surface area contributed by atoms with Crippen molar-refractivity contribution >= 4 is 11.6 Å². The molecule has 0 bridgehead atoms. The van der Waals surface area contributed by atoms with Crippen molar-refractivity contribution in [1.29, 1.82) is 0 Å². The normalized spacial score (nSPS) is 16.0. The zero-order chi connectivity index (χ0) is 14.2. The molecule has 1 aliphatic rings. The predicted octanol–water partition coefficient (Wildman–Crippen LogP) is 0.0448. The van der Waals surface area contributed by atoms with Gasteiger partial charge in [-0.05, 0) is 25.1 Å². The van der Waals surface area contributed by atoms with Crippen LogP contribution in [0.25, 0.3) is 0 Å². The zero-order valence-electron chi connectivity index (χ0n) is 11.7. The average Bonchev–Trinajstić information content (AvgIpc) is 2.47. The van der Waals surface area contributed by atoms with Crippen LogP contribution in [-0.2, 0) is 16.0 Å². The lowest BCUT2D eigenvalue weighted by Gasteiger charge is -2.26. The molecule has 1 aliphatic heterocycles. The number of aromatic nitrogens is 1. The summed E-state index contributed by atoms with van der Waals surface area (Å²) in [4.78, 5) is 18.2. The Morgan fingerprint density at radius 1 is 1.40 bits per heavy atom. The molecule has 1 amide bonds. The van der Waals surface area contributed by atoms with Gasteiger partial charge in [-0.15, -0.1) is 0 Å². The number of nitrogens with zero attached hydrogens (tertiary/aromatic N) is 2. The number of anilines is 1. The summed E-state index contributed by atoms with van der Waals surface area (Å²) in [6.45, 7) is 5.31. The third-order valence-corrected chi connectivity index (χ3v) is 3.27. The van der Waals surface area contributed by atoms with Gasteiger partial charge < -0.3 is 15.8 Å². The van der Waals surface area contributed by atoms with Gasteiger partial charge in [-0.2, -0.15) is 0 Å². The van der Waals surface area contributed by atoms with E-state index in [1.165, 1.54) is 0 Å². The molecule has 0 radical (unpaired) electrons. The van der Waals surface area contributed by atoms with Gasteiger partial charge in [0.1, 0.15) is 0 Å². The SMILES string of the molecule is Nc1ccc(CC(=O)NCCCN2CCOCC2)nc1. The zero-order valence-corrected chi connectivity index (χ0v) is 11.7. The van der Waals surface area contributed by atoms with Crippen LogP contribution in [0.3, 0.4) is 0 Å². The van der Waals surface area contributed by atoms with Gasteiger partial charge in [0.15, 0.2) is 0 Å². The Labute approximate surface area is 119 Å². The van der Waals surface area contributed by atoms with Crippen molar-refractivity contribution in [2.24, 2.45) is 0 Å². The van der Waals surface area contributed by atoms with Crippen LogP contribution in [0.1, 0.15) is 12.1 Å². The number of carbonyl (C=O) groups excluding carboxylic acids is 1. The van der Waals surface area contributed by atoms with E-state index in [1.807, 2.05) is 0 Å². The summed E-state index contributed by atoms with van der Waals surface area (Å²) in [5, 5.41) is 2.92. The van der Waals surface area contributed by atoms with Gasteiger partial charge in [-0.3, -0.25) is 14.7 Å². The Bertz CT molecular complexity index is 416. The maximum atomic E-state index is 11.7. The lowest BCUT2D eigenvalue weighted by molar-refractivity contribution is -0.120. The van der Waals surface area contributed by atoms with E-state index < -0.39 is 0 Å². The van der Waals surface area contributed by atoms with E-state index in [2.05, 4.69) is 15.2 Å². The quantitative estimate of drug-likeness (QED) is 0.718. The van der Waals surface area contributed by atoms with Crippen LogP contribution in [0.5, 0.6) is 0 Å². The summed E-state index contributed by atoms with van der Waals surface area (Å²) < 4.78 is 5.29. The lowest BCUT2D eigenvalue weighted by Crippen LogP contribution is -2.38. The molecule has 0 aromatic carbocycles. The molecule has 2 heterocycles. The number of nitrogens with one attached hydrogen (secondary N) is 1. The van der Waals surface area contributed by atoms with Gasteiger partial charge in [0, 0.05) is 25.3 Å². The van der Waals surface area contributed by atoms with Gasteiger partial charge in [-0.1, -0.05) is 0 Å². The number of morpholine rings is 1. The second kappa shape index (κ2) is 7.81. The second-order valence-corrected chi connectivity index (χ2v) is 4.92. The summed E-state index contributed by atoms with van der Waals surface area (Å²) in [5.74, 6) is 0.00393. The summed E-state index contributed by atoms with van der Waals surface area (Å²) in [7, 11) is 0. The number of carbonyl (C=O) groups is 1. The van der Waals surface area contributed by atoms with E-state index in [4.69, 9.17) is 10.5 Å². The van der Waals surface area contributed by atoms with Crippen LogP contribution in [0.15, 0.2) is 18.3 Å². The van der Waals surface area contributed by atoms with Gasteiger partial charge >= 0.3 is 0 Å². The smallest absolute Gasteiger partial charge is 0.226 e. The molecular formula is C14H22N4O2. The first-order valence-electron chi connectivity index (χ1n) is 7.01. The van der Waals surface area contributed by atoms with Gasteiger partial charge in [0.25, 0.3) is 0 Å². The van der Waals surface area contributed by atoms with Crippen LogP contribution < -0.4 is 11.1 Å². The summed E-state index contributed by atoms with van der Waals surface area (Å²) in [6.07, 6.45) is 2.83. The first-order chi connectivity index (χ1) is 9.74. The van der Waals surface area contributed by atoms with E-state index in [9.17, 15) is 4.79 Å². The summed E-state index contributed by atoms with van der Waals surface area (Å²) >= 11 is 0. The highest BCUT2D eigenvalue weighted by Gasteiger charge is 2.09. The third-order valence-electron chi connectivity index (χ3n) is 3.27. The minimum atomic E-state index is 0.00393. The minimum Gasteiger partial charge on any atom is -0.397 e. The Morgan fingerprint density at radius 2 is 2.20 bits per heavy atom. The molecule has 1 aromatic heterocycles. The van der Waals surface area contributed by atoms with E-state index in [0.29, 0.717) is 18.7 Å². The maximum Gasteiger partial charge on any atom is 0.226 e. The summed E-state index contributed by atoms with van der Waals surface area (Å²) in [6, 6.07) is 3.54. The molecule has 2 rings (SSSR count). The van der Waals surface area contributed by atoms with E-state index in [0.717, 1.165) is 45.0 Å². The lowest BCUT2D eigenvalue weighted by atomic mass is 10.2. The molecule has 0 spiro atoms. The third kappa shape index (κ3) is 5.14. The van der Waals surface area contributed by atoms with Crippen LogP contribution in [0.2, 0.25) is 0 Å². The molecular weight excluding hydrogens is 256 g/mol. The number of ether oxygens (including phenoxy) is 1. The van der Waals surface area contributed by atoms with Crippen LogP contribution >= 0.6 is 0 Å². The number of pyridine rings is 1. The predicted molar refractivity (Wildman–Crippen MR) is 77.2 cm³/mol. The van der Waals surface area contributed by atoms with Crippen molar-refractivity contribution in [3.63, 3.8) is 0 Å². The highest BCUT2D eigenvalue weighted by molar-refractivity contribution is 5.78. The Morgan fingerprint density at radius 3 is 2.90 bits per heavy atom. The molecule has 20 heavy (non-hydrogen) atoms. The largest absolute Gasteiger partial charge is 0.397 e. The van der Waals surface area contributed by atoms with Crippen molar-refractivity contribution in [2.75, 3.05) is 45.1 Å². The van der Waals surface area contributed by atoms with Crippen molar-refractivity contribution in [3.8, 4) is 0 Å². The van der Waals surface area contributed by atoms with Gasteiger partial charge in [0.2, 0.25) is 5.91 Å². The van der Waals surface area contributed by atoms with Crippen LogP contribution in [0.4, 0.5) is 5.69 Å². The Kier molecular flexibility index (Phi) is 5.76. The number of rotatable bonds is 6. The fourth-order valence-corrected chi connectivity index (χ4v) is 2.12. The summed E-state index contributed by atoms with van der Waals surface area (Å²) in [5.41, 5.74) is 6.90. The second-order valence-electron chi connectivity index (χ2n) is 4.92. The van der Waals surface area contributed by atoms with E-state index in [1.54, 1.807) is 18.3 Å². The Hall–Kier alpha value is -1.66. The fraction of sp³-hybridized carbons (Fsp3) is 0.571. The molecule has 1 aromatic rings. The first-order valence-corrected chi connectivity index (χ1v) is 7.01. The molecule has 0 unspecified atom stereocenters. The van der Waals surface area contributed by atoms with E-state index in [-0.39, 0.29) is 5.91 Å². The molecule has 0 atom stereocenters.